The number of alkyl carbamates (subject to hydrolysis) is 2. The summed E-state index contributed by atoms with van der Waals surface area (Å²) in [6.07, 6.45) is -10.1. The highest BCUT2D eigenvalue weighted by Crippen LogP contribution is 2.48. The zero-order valence-electron chi connectivity index (χ0n) is 77.2. The van der Waals surface area contributed by atoms with Gasteiger partial charge in [-0.1, -0.05) is 0 Å². The Hall–Kier alpha value is -12.0. The van der Waals surface area contributed by atoms with Gasteiger partial charge in [0.25, 0.3) is 0 Å². The van der Waals surface area contributed by atoms with Gasteiger partial charge in [0.2, 0.25) is 11.2 Å². The van der Waals surface area contributed by atoms with Gasteiger partial charge in [-0.25, -0.2) is 42.5 Å². The molecule has 730 valence electrons. The number of aliphatic hydroxyl groups is 6. The van der Waals surface area contributed by atoms with E-state index in [-0.39, 0.29) is 132 Å². The number of halogens is 9. The van der Waals surface area contributed by atoms with Crippen molar-refractivity contribution in [3.05, 3.63) is 232 Å². The topological polar surface area (TPSA) is 416 Å². The summed E-state index contributed by atoms with van der Waals surface area (Å²) in [6, 6.07) is 37.2. The number of aromatic carboxylic acids is 1. The van der Waals surface area contributed by atoms with E-state index in [1.807, 2.05) is 13.8 Å². The van der Waals surface area contributed by atoms with E-state index >= 15 is 0 Å². The second-order valence-electron chi connectivity index (χ2n) is 36.6. The van der Waals surface area contributed by atoms with E-state index in [1.165, 1.54) is 111 Å². The second-order valence-corrected chi connectivity index (χ2v) is 36.6. The first-order valence-electron chi connectivity index (χ1n) is 43.6. The number of ether oxygens (including phenoxy) is 8. The molecule has 3 heterocycles. The van der Waals surface area contributed by atoms with Crippen molar-refractivity contribution in [2.75, 3.05) is 46.2 Å². The molecule has 0 bridgehead atoms. The van der Waals surface area contributed by atoms with Gasteiger partial charge in [-0.05, 0) is 322 Å². The van der Waals surface area contributed by atoms with Gasteiger partial charge in [0.05, 0.1) is 88.9 Å². The normalized spacial score (nSPS) is 14.9. The first kappa shape index (κ1) is 107. The van der Waals surface area contributed by atoms with E-state index in [0.29, 0.717) is 45.3 Å². The molecule has 9 aromatic rings. The summed E-state index contributed by atoms with van der Waals surface area (Å²) in [5.41, 5.74) is 0.708. The van der Waals surface area contributed by atoms with Crippen molar-refractivity contribution in [1.82, 2.24) is 25.6 Å². The number of hydrogen-bond donors (Lipinski definition) is 11. The van der Waals surface area contributed by atoms with Crippen molar-refractivity contribution in [3.8, 4) is 68.3 Å². The molecular formula is C99H116F9N7O20. The molecule has 3 saturated carbocycles. The van der Waals surface area contributed by atoms with Gasteiger partial charge < -0.3 is 95.7 Å². The number of alkyl halides is 6. The number of pyridine rings is 3. The third kappa shape index (κ3) is 30.7. The van der Waals surface area contributed by atoms with Crippen molar-refractivity contribution in [2.45, 2.75) is 230 Å². The van der Waals surface area contributed by atoms with Gasteiger partial charge in [0.15, 0.2) is 46.1 Å². The Balaban J connectivity index is 0.000000213. The summed E-state index contributed by atoms with van der Waals surface area (Å²) >= 11 is 0. The second kappa shape index (κ2) is 44.2. The maximum Gasteiger partial charge on any atom is 0.422 e. The van der Waals surface area contributed by atoms with Crippen LogP contribution in [-0.2, 0) is 42.9 Å². The molecule has 3 aromatic heterocycles. The van der Waals surface area contributed by atoms with Crippen LogP contribution in [0.2, 0.25) is 0 Å². The molecule has 3 unspecified atom stereocenters. The molecule has 135 heavy (non-hydrogen) atoms. The smallest absolute Gasteiger partial charge is 0.422 e. The Labute approximate surface area is 776 Å². The number of nitrogens with one attached hydrogen (secondary N) is 2. The van der Waals surface area contributed by atoms with Crippen molar-refractivity contribution in [1.29, 1.82) is 0 Å². The van der Waals surface area contributed by atoms with Crippen molar-refractivity contribution >= 4 is 29.7 Å². The minimum absolute atomic E-state index is 0.00147. The average molecular weight is 1900 g/mol. The molecule has 36 heteroatoms. The van der Waals surface area contributed by atoms with Crippen LogP contribution in [0.5, 0.6) is 34.5 Å². The number of carbonyl (C=O) groups is 5. The SMILES string of the molecule is CC(C)(C)OC(=O)NC(C)(C)c1cc(-c2ccc(F)cc2)nc(C(C)(O)CN)c1.CC(C)(C)OC(=O)NC(C)(C)c1cc(-c2ccc(F)cc2)nc(C(O)(CCC(=O)c2ccc(OCCO)c(OC3CC3)c2)C(F)(F)F)c1.CC(C)(N)c1cc(-c2ccc(F)cc2)nc(C(O)(CCC(=O)c2ccc(OCCO)c(OC3CC3)c2)C(F)(F)F)c1.O=C(O)c1ccc(OCCO)c(OC2CC2)c1. The predicted octanol–water partition coefficient (Wildman–Crippen LogP) is 17.5. The fourth-order valence-corrected chi connectivity index (χ4v) is 13.0. The maximum absolute atomic E-state index is 14.8. The number of carboxylic acid groups (broad SMARTS) is 1. The Bertz CT molecular complexity index is 5580. The van der Waals surface area contributed by atoms with E-state index in [0.717, 1.165) is 74.9 Å². The lowest BCUT2D eigenvalue weighted by Crippen LogP contribution is -2.45. The molecule has 3 fully saturated rings. The number of aromatic nitrogens is 3. The number of aliphatic hydroxyl groups excluding tert-OH is 3. The largest absolute Gasteiger partial charge is 0.487 e. The molecule has 12 rings (SSSR count). The molecule has 2 amide bonds. The quantitative estimate of drug-likeness (QED) is 0.0128. The summed E-state index contributed by atoms with van der Waals surface area (Å²) in [7, 11) is 0. The van der Waals surface area contributed by atoms with Crippen LogP contribution < -0.4 is 50.5 Å². The number of carboxylic acids is 1. The molecule has 3 atom stereocenters. The number of Topliss-reactive ketones (excluding diaryl/α,β-unsaturated/α-hetero) is 2. The van der Waals surface area contributed by atoms with Crippen LogP contribution in [-0.4, -0.2) is 168 Å². The number of benzene rings is 6. The van der Waals surface area contributed by atoms with Crippen LogP contribution in [0.15, 0.2) is 164 Å². The Morgan fingerprint density at radius 3 is 0.970 bits per heavy atom. The number of carbonyl (C=O) groups excluding carboxylic acids is 4. The summed E-state index contributed by atoms with van der Waals surface area (Å²) < 4.78 is 173. The fraction of sp³-hybridized carbons (Fsp3) is 0.434. The molecule has 6 aromatic carbocycles. The summed E-state index contributed by atoms with van der Waals surface area (Å²) in [4.78, 5) is 75.0. The minimum Gasteiger partial charge on any atom is -0.487 e. The van der Waals surface area contributed by atoms with Gasteiger partial charge in [0, 0.05) is 52.7 Å². The van der Waals surface area contributed by atoms with E-state index in [9.17, 15) is 78.8 Å². The van der Waals surface area contributed by atoms with E-state index in [1.54, 1.807) is 92.6 Å². The molecule has 27 nitrogen and oxygen atoms in total. The average Bonchev–Trinajstić information content (AvgIpc) is 1.75. The number of hydrogen-bond acceptors (Lipinski definition) is 24. The Morgan fingerprint density at radius 2 is 0.689 bits per heavy atom. The van der Waals surface area contributed by atoms with Crippen molar-refractivity contribution < 1.29 is 137 Å². The van der Waals surface area contributed by atoms with Crippen LogP contribution in [0.1, 0.15) is 219 Å². The highest BCUT2D eigenvalue weighted by molar-refractivity contribution is 5.97. The van der Waals surface area contributed by atoms with Crippen LogP contribution in [0.4, 0.5) is 49.1 Å². The Kier molecular flexibility index (Phi) is 34.9. The number of nitrogens with two attached hydrogens (primary N) is 2. The zero-order chi connectivity index (χ0) is 99.8. The van der Waals surface area contributed by atoms with Crippen molar-refractivity contribution in [3.63, 3.8) is 0 Å². The summed E-state index contributed by atoms with van der Waals surface area (Å²) in [6.45, 7) is 21.3. The lowest BCUT2D eigenvalue weighted by atomic mass is 9.86. The molecule has 0 spiro atoms. The van der Waals surface area contributed by atoms with E-state index in [2.05, 4.69) is 25.6 Å². The van der Waals surface area contributed by atoms with Crippen LogP contribution >= 0.6 is 0 Å². The predicted molar refractivity (Wildman–Crippen MR) is 482 cm³/mol. The van der Waals surface area contributed by atoms with E-state index < -0.39 is 135 Å². The van der Waals surface area contributed by atoms with E-state index in [4.69, 9.17) is 69.8 Å². The third-order valence-corrected chi connectivity index (χ3v) is 21.1. The third-order valence-electron chi connectivity index (χ3n) is 21.1. The summed E-state index contributed by atoms with van der Waals surface area (Å²) in [5.74, 6) is -1.88. The molecular weight excluding hydrogens is 1780 g/mol. The maximum atomic E-state index is 14.8. The van der Waals surface area contributed by atoms with Crippen molar-refractivity contribution in [2.24, 2.45) is 11.5 Å². The molecule has 3 aliphatic rings. The van der Waals surface area contributed by atoms with Gasteiger partial charge in [-0.3, -0.25) is 9.59 Å². The number of ketones is 2. The lowest BCUT2D eigenvalue weighted by Gasteiger charge is -2.33. The summed E-state index contributed by atoms with van der Waals surface area (Å²) in [5, 5.41) is 74.5. The highest BCUT2D eigenvalue weighted by Gasteiger charge is 2.58. The highest BCUT2D eigenvalue weighted by atomic mass is 19.4. The van der Waals surface area contributed by atoms with Gasteiger partial charge in [-0.15, -0.1) is 0 Å². The van der Waals surface area contributed by atoms with Crippen LogP contribution in [0, 0.1) is 17.5 Å². The van der Waals surface area contributed by atoms with Crippen LogP contribution in [0.25, 0.3) is 33.8 Å². The number of amides is 2. The standard InChI is InChI=1S/C35H40F4N2O7.C30H32F4N2O5.C22H30FN3O3.C12H14O5/c1-32(2,3)48-31(44)41-33(4,5)23-19-26(21-6-9-24(36)10-7-21)40-30(20-23)34(45,35(37,38)39)15-14-27(43)22-8-13-28(46-17-16-42)29(18-22)47-25-11-12-25;1-28(2,35)20-16-23(18-3-6-21(31)7-4-18)36-27(17-20)29(39,30(32,33)34)12-11-24(38)19-5-10-25(40-14-13-37)26(15-19)41-22-8-9-22;1-20(2,3)29-19(27)26-21(4,5)15-11-17(14-7-9-16(23)10-8-14)25-18(12-15)22(6,28)13-24;13-5-6-16-10-4-1-8(12(14)15)7-11(10)17-9-2-3-9/h6-10,13,18-20,25,42,45H,11-12,14-17H2,1-5H3,(H,41,44);3-7,10,15-17,22,37,39H,8-9,11-14,35H2,1-2H3;7-12,28H,13,24H2,1-6H3,(H,26,27);1,4,7,9,13H,2-3,5-6H2,(H,14,15). The Morgan fingerprint density at radius 1 is 0.400 bits per heavy atom. The van der Waals surface area contributed by atoms with Gasteiger partial charge >= 0.3 is 30.5 Å². The monoisotopic (exact) mass is 1890 g/mol. The zero-order valence-corrected chi connectivity index (χ0v) is 77.2. The number of rotatable bonds is 36. The number of nitrogens with zero attached hydrogens (tertiary/aromatic N) is 3. The first-order chi connectivity index (χ1) is 63.0. The van der Waals surface area contributed by atoms with Gasteiger partial charge in [-0.2, -0.15) is 26.3 Å². The fourth-order valence-electron chi connectivity index (χ4n) is 13.0. The molecule has 13 N–H and O–H groups in total. The molecule has 0 saturated heterocycles. The first-order valence-corrected chi connectivity index (χ1v) is 43.6. The molecule has 0 radical (unpaired) electrons. The molecule has 0 aliphatic heterocycles. The van der Waals surface area contributed by atoms with Crippen LogP contribution in [0.3, 0.4) is 0 Å². The minimum atomic E-state index is -5.29. The lowest BCUT2D eigenvalue weighted by molar-refractivity contribution is -0.270. The molecule has 3 aliphatic carbocycles. The van der Waals surface area contributed by atoms with Gasteiger partial charge in [0.1, 0.15) is 54.1 Å².